The van der Waals surface area contributed by atoms with Gasteiger partial charge in [-0.2, -0.15) is 0 Å². The molecule has 4 nitrogen and oxygen atoms in total. The predicted molar refractivity (Wildman–Crippen MR) is 68.9 cm³/mol. The molecular weight excluding hydrogens is 228 g/mol. The Bertz CT molecular complexity index is 476. The van der Waals surface area contributed by atoms with Gasteiger partial charge in [-0.1, -0.05) is 6.07 Å². The summed E-state index contributed by atoms with van der Waals surface area (Å²) < 4.78 is 10.4. The molecule has 1 aliphatic heterocycles. The predicted octanol–water partition coefficient (Wildman–Crippen LogP) is 0.473. The molecule has 1 atom stereocenters. The van der Waals surface area contributed by atoms with E-state index in [-0.39, 0.29) is 11.9 Å². The molecule has 0 saturated heterocycles. The zero-order valence-corrected chi connectivity index (χ0v) is 10.4. The number of hydrogen-bond acceptors (Lipinski definition) is 3. The fraction of sp³-hybridized carbons (Fsp3) is 0.417. The molecule has 18 heavy (non-hydrogen) atoms. The van der Waals surface area contributed by atoms with Crippen LogP contribution in [-0.2, 0) is 11.2 Å². The summed E-state index contributed by atoms with van der Waals surface area (Å²) >= 11 is 0. The molecule has 1 N–H and O–H groups in total. The number of carbonyl (C=O) groups excluding carboxylic acids is 1. The Hall–Kier alpha value is -1.58. The Balaban J connectivity index is 2.07. The summed E-state index contributed by atoms with van der Waals surface area (Å²) in [7, 11) is 11.0. The monoisotopic (exact) mass is 241 g/mol. The van der Waals surface area contributed by atoms with Crippen molar-refractivity contribution >= 4 is 21.6 Å². The lowest BCUT2D eigenvalue weighted by atomic mass is 9.76. The molecule has 90 valence electrons. The number of fused-ring (bicyclic) bond motifs is 1. The minimum atomic E-state index is -1.59. The van der Waals surface area contributed by atoms with Crippen LogP contribution in [0.15, 0.2) is 18.2 Å². The van der Waals surface area contributed by atoms with Crippen molar-refractivity contribution in [3.63, 3.8) is 0 Å². The first-order valence-corrected chi connectivity index (χ1v) is 5.71. The number of amides is 1. The third-order valence-corrected chi connectivity index (χ3v) is 2.54. The van der Waals surface area contributed by atoms with Crippen LogP contribution < -0.4 is 14.8 Å². The first-order valence-electron chi connectivity index (χ1n) is 5.71. The molecule has 1 aromatic carbocycles. The molecule has 0 bridgehead atoms. The zero-order valence-electron chi connectivity index (χ0n) is 10.4. The maximum absolute atomic E-state index is 10.9. The second-order valence-corrected chi connectivity index (χ2v) is 4.51. The topological polar surface area (TPSA) is 47.6 Å². The molecule has 1 aromatic rings. The van der Waals surface area contributed by atoms with Crippen LogP contribution in [0.25, 0.3) is 0 Å². The van der Waals surface area contributed by atoms with Gasteiger partial charge in [-0.3, -0.25) is 4.79 Å². The number of hydrogen-bond donors (Lipinski definition) is 1. The smallest absolute Gasteiger partial charge is 0.217 e. The van der Waals surface area contributed by atoms with Crippen molar-refractivity contribution in [2.24, 2.45) is 0 Å². The van der Waals surface area contributed by atoms with Gasteiger partial charge in [-0.25, -0.2) is 0 Å². The molecule has 2 rings (SSSR count). The highest BCUT2D eigenvalue weighted by molar-refractivity contribution is 6.38. The van der Waals surface area contributed by atoms with E-state index in [0.717, 1.165) is 5.56 Å². The van der Waals surface area contributed by atoms with Gasteiger partial charge >= 0.3 is 0 Å². The number of ether oxygens (including phenoxy) is 2. The van der Waals surface area contributed by atoms with Crippen LogP contribution >= 0.6 is 0 Å². The van der Waals surface area contributed by atoms with E-state index in [9.17, 15) is 4.79 Å². The lowest BCUT2D eigenvalue weighted by molar-refractivity contribution is -0.119. The van der Waals surface area contributed by atoms with Crippen molar-refractivity contribution in [3.05, 3.63) is 23.8 Å². The third kappa shape index (κ3) is 3.00. The molecule has 1 aliphatic rings. The van der Waals surface area contributed by atoms with Crippen molar-refractivity contribution in [2.75, 3.05) is 0 Å². The Morgan fingerprint density at radius 2 is 2.06 bits per heavy atom. The minimum Gasteiger partial charge on any atom is -0.468 e. The van der Waals surface area contributed by atoms with E-state index < -0.39 is 5.59 Å². The van der Waals surface area contributed by atoms with Crippen LogP contribution in [0.4, 0.5) is 0 Å². The molecule has 0 saturated carbocycles. The maximum Gasteiger partial charge on any atom is 0.217 e. The van der Waals surface area contributed by atoms with Gasteiger partial charge in [0.1, 0.15) is 0 Å². The first kappa shape index (κ1) is 12.9. The number of rotatable bonds is 3. The van der Waals surface area contributed by atoms with Crippen LogP contribution in [0.1, 0.15) is 19.4 Å². The SMILES string of the molecule is [B]C1([B])Oc2ccc(C[C@H](C)NC(C)=O)cc2O1. The second kappa shape index (κ2) is 4.59. The Morgan fingerprint density at radius 1 is 1.39 bits per heavy atom. The number of benzene rings is 1. The highest BCUT2D eigenvalue weighted by Crippen LogP contribution is 2.37. The molecule has 0 fully saturated rings. The van der Waals surface area contributed by atoms with Gasteiger partial charge in [-0.15, -0.1) is 0 Å². The molecule has 4 radical (unpaired) electrons. The molecular formula is C12H13B2NO3. The molecule has 0 spiro atoms. The number of carbonyl (C=O) groups is 1. The number of nitrogens with one attached hydrogen (secondary N) is 1. The van der Waals surface area contributed by atoms with Gasteiger partial charge in [0.2, 0.25) is 5.91 Å². The molecule has 6 heteroatoms. The molecule has 0 unspecified atom stereocenters. The fourth-order valence-electron chi connectivity index (χ4n) is 1.96. The normalized spacial score (nSPS) is 17.2. The van der Waals surface area contributed by atoms with E-state index in [2.05, 4.69) is 5.32 Å². The average molecular weight is 241 g/mol. The summed E-state index contributed by atoms with van der Waals surface area (Å²) in [5.74, 6) is 0.995. The standard InChI is InChI=1S/C12H13B2NO3/c1-7(15-8(2)16)5-9-3-4-10-11(6-9)18-12(13,14)17-10/h3-4,6-7H,5H2,1-2H3,(H,15,16)/t7-/m0/s1. The lowest BCUT2D eigenvalue weighted by Crippen LogP contribution is -2.39. The van der Waals surface area contributed by atoms with E-state index in [0.29, 0.717) is 17.9 Å². The zero-order chi connectivity index (χ0) is 13.3. The van der Waals surface area contributed by atoms with E-state index >= 15 is 0 Å². The lowest BCUT2D eigenvalue weighted by Gasteiger charge is -2.18. The van der Waals surface area contributed by atoms with E-state index in [1.54, 1.807) is 6.07 Å². The van der Waals surface area contributed by atoms with Crippen LogP contribution in [-0.4, -0.2) is 33.2 Å². The molecule has 0 aliphatic carbocycles. The highest BCUT2D eigenvalue weighted by atomic mass is 16.7. The minimum absolute atomic E-state index is 0.0448. The van der Waals surface area contributed by atoms with Crippen molar-refractivity contribution < 1.29 is 14.3 Å². The summed E-state index contributed by atoms with van der Waals surface area (Å²) in [6.45, 7) is 3.43. The molecule has 1 amide bonds. The van der Waals surface area contributed by atoms with Gasteiger partial charge in [0.25, 0.3) is 0 Å². The summed E-state index contributed by atoms with van der Waals surface area (Å²) in [5, 5.41) is 2.81. The van der Waals surface area contributed by atoms with Gasteiger partial charge < -0.3 is 14.8 Å². The van der Waals surface area contributed by atoms with Crippen molar-refractivity contribution in [2.45, 2.75) is 31.9 Å². The quantitative estimate of drug-likeness (QED) is 0.782. The Labute approximate surface area is 109 Å². The fourth-order valence-corrected chi connectivity index (χ4v) is 1.96. The maximum atomic E-state index is 10.9. The summed E-state index contributed by atoms with van der Waals surface area (Å²) in [5.41, 5.74) is -0.583. The Kier molecular flexibility index (Phi) is 3.28. The van der Waals surface area contributed by atoms with Gasteiger partial charge in [0.05, 0.1) is 0 Å². The van der Waals surface area contributed by atoms with E-state index in [1.807, 2.05) is 19.1 Å². The van der Waals surface area contributed by atoms with Gasteiger partial charge in [-0.05, 0) is 31.0 Å². The second-order valence-electron chi connectivity index (χ2n) is 4.51. The summed E-state index contributed by atoms with van der Waals surface area (Å²) in [6.07, 6.45) is 0.693. The van der Waals surface area contributed by atoms with Gasteiger partial charge in [0.15, 0.2) is 32.8 Å². The molecule has 0 aromatic heterocycles. The van der Waals surface area contributed by atoms with Gasteiger partial charge in [0, 0.05) is 13.0 Å². The van der Waals surface area contributed by atoms with E-state index in [4.69, 9.17) is 25.2 Å². The van der Waals surface area contributed by atoms with Crippen LogP contribution in [0, 0.1) is 0 Å². The van der Waals surface area contributed by atoms with Crippen LogP contribution in [0.2, 0.25) is 0 Å². The van der Waals surface area contributed by atoms with Crippen molar-refractivity contribution in [1.82, 2.24) is 5.32 Å². The third-order valence-electron chi connectivity index (χ3n) is 2.54. The Morgan fingerprint density at radius 3 is 2.72 bits per heavy atom. The van der Waals surface area contributed by atoms with Crippen LogP contribution in [0.5, 0.6) is 11.5 Å². The van der Waals surface area contributed by atoms with Crippen molar-refractivity contribution in [1.29, 1.82) is 0 Å². The highest BCUT2D eigenvalue weighted by Gasteiger charge is 2.30. The van der Waals surface area contributed by atoms with E-state index in [1.165, 1.54) is 6.92 Å². The molecule has 1 heterocycles. The largest absolute Gasteiger partial charge is 0.468 e. The summed E-state index contributed by atoms with van der Waals surface area (Å²) in [4.78, 5) is 10.9. The summed E-state index contributed by atoms with van der Waals surface area (Å²) in [6, 6.07) is 5.51. The van der Waals surface area contributed by atoms with Crippen molar-refractivity contribution in [3.8, 4) is 11.5 Å². The first-order chi connectivity index (χ1) is 8.35. The average Bonchev–Trinajstić information content (AvgIpc) is 2.49. The van der Waals surface area contributed by atoms with Crippen LogP contribution in [0.3, 0.4) is 0 Å².